The molecule has 0 radical (unpaired) electrons. The van der Waals surface area contributed by atoms with Crippen LogP contribution in [0.5, 0.6) is 5.75 Å². The van der Waals surface area contributed by atoms with E-state index in [4.69, 9.17) is 9.47 Å². The zero-order valence-electron chi connectivity index (χ0n) is 16.5. The van der Waals surface area contributed by atoms with Gasteiger partial charge in [0.05, 0.1) is 0 Å². The molecule has 0 amide bonds. The maximum absolute atomic E-state index is 11.4. The number of ether oxygens (including phenoxy) is 2. The molecule has 28 heavy (non-hydrogen) atoms. The summed E-state index contributed by atoms with van der Waals surface area (Å²) in [6, 6.07) is 17.0. The van der Waals surface area contributed by atoms with Gasteiger partial charge in [-0.05, 0) is 60.5 Å². The summed E-state index contributed by atoms with van der Waals surface area (Å²) >= 11 is 1.73. The monoisotopic (exact) mass is 394 g/mol. The fourth-order valence-corrected chi connectivity index (χ4v) is 4.03. The topological polar surface area (TPSA) is 35.5 Å². The average Bonchev–Trinajstić information content (AvgIpc) is 3.12. The Morgan fingerprint density at radius 1 is 1.07 bits per heavy atom. The molecule has 4 heteroatoms. The van der Waals surface area contributed by atoms with E-state index in [1.54, 1.807) is 18.3 Å². The van der Waals surface area contributed by atoms with Crippen molar-refractivity contribution in [2.45, 2.75) is 39.5 Å². The molecular weight excluding hydrogens is 368 g/mol. The van der Waals surface area contributed by atoms with E-state index in [0.717, 1.165) is 11.1 Å². The van der Waals surface area contributed by atoms with Crippen molar-refractivity contribution >= 4 is 27.4 Å². The van der Waals surface area contributed by atoms with Gasteiger partial charge in [-0.25, -0.2) is 4.79 Å². The Hall–Kier alpha value is -2.59. The number of hydrogen-bond donors (Lipinski definition) is 0. The number of aryl methyl sites for hydroxylation is 1. The first-order chi connectivity index (χ1) is 13.6. The van der Waals surface area contributed by atoms with Crippen LogP contribution in [0.25, 0.3) is 20.5 Å². The smallest absolute Gasteiger partial charge is 0.335 e. The third-order valence-corrected chi connectivity index (χ3v) is 5.71. The molecule has 0 fully saturated rings. The standard InChI is InChI=1S/C24H26O3S/c1-4-5-6-7-18-8-10-19(11-9-18)22-14-20-12-13-21(15-23(20)28-22)26-16-27-24(25)17(2)3/h8-15H,2,4-7,16H2,1,3H3. The molecule has 3 aromatic rings. The van der Waals surface area contributed by atoms with Crippen molar-refractivity contribution in [3.05, 3.63) is 66.2 Å². The van der Waals surface area contributed by atoms with Crippen LogP contribution in [0.15, 0.2) is 60.7 Å². The number of esters is 1. The molecule has 0 N–H and O–H groups in total. The van der Waals surface area contributed by atoms with Crippen molar-refractivity contribution in [3.63, 3.8) is 0 Å². The largest absolute Gasteiger partial charge is 0.457 e. The Labute approximate surface area is 170 Å². The third-order valence-electron chi connectivity index (χ3n) is 4.56. The van der Waals surface area contributed by atoms with Crippen LogP contribution < -0.4 is 4.74 Å². The highest BCUT2D eigenvalue weighted by atomic mass is 32.1. The van der Waals surface area contributed by atoms with Gasteiger partial charge in [-0.2, -0.15) is 0 Å². The summed E-state index contributed by atoms with van der Waals surface area (Å²) in [5.41, 5.74) is 3.00. The van der Waals surface area contributed by atoms with Crippen LogP contribution in [0.2, 0.25) is 0 Å². The zero-order valence-corrected chi connectivity index (χ0v) is 17.3. The Bertz CT molecular complexity index is 954. The molecule has 0 bridgehead atoms. The predicted octanol–water partition coefficient (Wildman–Crippen LogP) is 6.76. The van der Waals surface area contributed by atoms with Gasteiger partial charge in [0.1, 0.15) is 5.75 Å². The van der Waals surface area contributed by atoms with Gasteiger partial charge in [0.25, 0.3) is 0 Å². The Kier molecular flexibility index (Phi) is 6.88. The highest BCUT2D eigenvalue weighted by Crippen LogP contribution is 2.35. The minimum absolute atomic E-state index is 0.116. The van der Waals surface area contributed by atoms with Gasteiger partial charge >= 0.3 is 5.97 Å². The SMILES string of the molecule is C=C(C)C(=O)OCOc1ccc2cc(-c3ccc(CCCCC)cc3)sc2c1. The fraction of sp³-hybridized carbons (Fsp3) is 0.292. The molecule has 146 valence electrons. The molecule has 0 aliphatic heterocycles. The number of carbonyl (C=O) groups excluding carboxylic acids is 1. The van der Waals surface area contributed by atoms with E-state index in [0.29, 0.717) is 11.3 Å². The van der Waals surface area contributed by atoms with E-state index in [1.807, 2.05) is 18.2 Å². The molecule has 2 aromatic carbocycles. The Morgan fingerprint density at radius 2 is 1.86 bits per heavy atom. The van der Waals surface area contributed by atoms with E-state index in [2.05, 4.69) is 43.8 Å². The minimum Gasteiger partial charge on any atom is -0.457 e. The van der Waals surface area contributed by atoms with Crippen LogP contribution >= 0.6 is 11.3 Å². The molecule has 1 aromatic heterocycles. The molecule has 0 aliphatic rings. The van der Waals surface area contributed by atoms with Crippen LogP contribution in [0, 0.1) is 0 Å². The third kappa shape index (κ3) is 5.23. The normalized spacial score (nSPS) is 10.8. The van der Waals surface area contributed by atoms with Gasteiger partial charge in [-0.3, -0.25) is 0 Å². The predicted molar refractivity (Wildman–Crippen MR) is 117 cm³/mol. The van der Waals surface area contributed by atoms with Gasteiger partial charge < -0.3 is 9.47 Å². The van der Waals surface area contributed by atoms with E-state index in [1.165, 1.54) is 40.7 Å². The van der Waals surface area contributed by atoms with Gasteiger partial charge in [0, 0.05) is 15.2 Å². The molecule has 0 aliphatic carbocycles. The molecule has 0 spiro atoms. The van der Waals surface area contributed by atoms with Crippen LogP contribution in [0.3, 0.4) is 0 Å². The second-order valence-electron chi connectivity index (χ2n) is 6.94. The van der Waals surface area contributed by atoms with E-state index >= 15 is 0 Å². The number of thiophene rings is 1. The number of unbranched alkanes of at least 4 members (excludes halogenated alkanes) is 2. The van der Waals surface area contributed by atoms with Gasteiger partial charge in [-0.15, -0.1) is 11.3 Å². The first-order valence-corrected chi connectivity index (χ1v) is 10.5. The lowest BCUT2D eigenvalue weighted by Gasteiger charge is -2.07. The number of hydrogen-bond acceptors (Lipinski definition) is 4. The van der Waals surface area contributed by atoms with Crippen molar-refractivity contribution in [1.82, 2.24) is 0 Å². The maximum atomic E-state index is 11.4. The Morgan fingerprint density at radius 3 is 2.57 bits per heavy atom. The number of fused-ring (bicyclic) bond motifs is 1. The van der Waals surface area contributed by atoms with E-state index in [-0.39, 0.29) is 6.79 Å². The fourth-order valence-electron chi connectivity index (χ4n) is 2.93. The number of rotatable bonds is 9. The van der Waals surface area contributed by atoms with Crippen LogP contribution in [0.1, 0.15) is 38.7 Å². The van der Waals surface area contributed by atoms with Crippen LogP contribution in [0.4, 0.5) is 0 Å². The summed E-state index contributed by atoms with van der Waals surface area (Å²) in [6.07, 6.45) is 4.94. The molecule has 0 unspecified atom stereocenters. The second kappa shape index (κ2) is 9.56. The van der Waals surface area contributed by atoms with Crippen molar-refractivity contribution in [2.24, 2.45) is 0 Å². The quantitative estimate of drug-likeness (QED) is 0.174. The first-order valence-electron chi connectivity index (χ1n) is 9.65. The molecule has 0 saturated carbocycles. The molecule has 0 saturated heterocycles. The van der Waals surface area contributed by atoms with Crippen molar-refractivity contribution in [2.75, 3.05) is 6.79 Å². The van der Waals surface area contributed by atoms with Gasteiger partial charge in [0.2, 0.25) is 6.79 Å². The van der Waals surface area contributed by atoms with Crippen molar-refractivity contribution in [3.8, 4) is 16.2 Å². The lowest BCUT2D eigenvalue weighted by atomic mass is 10.0. The molecule has 0 atom stereocenters. The summed E-state index contributed by atoms with van der Waals surface area (Å²) in [6.45, 7) is 7.27. The molecular formula is C24H26O3S. The molecule has 3 nitrogen and oxygen atoms in total. The van der Waals surface area contributed by atoms with E-state index < -0.39 is 5.97 Å². The summed E-state index contributed by atoms with van der Waals surface area (Å²) in [5.74, 6) is 0.235. The van der Waals surface area contributed by atoms with Crippen molar-refractivity contribution < 1.29 is 14.3 Å². The van der Waals surface area contributed by atoms with Crippen LogP contribution in [-0.4, -0.2) is 12.8 Å². The number of benzene rings is 2. The summed E-state index contributed by atoms with van der Waals surface area (Å²) in [7, 11) is 0. The lowest BCUT2D eigenvalue weighted by molar-refractivity contribution is -0.145. The Balaban J connectivity index is 1.67. The number of carbonyl (C=O) groups is 1. The first kappa shape index (κ1) is 20.2. The summed E-state index contributed by atoms with van der Waals surface area (Å²) in [5, 5.41) is 1.18. The highest BCUT2D eigenvalue weighted by Gasteiger charge is 2.07. The second-order valence-corrected chi connectivity index (χ2v) is 8.02. The van der Waals surface area contributed by atoms with Crippen LogP contribution in [-0.2, 0) is 16.0 Å². The minimum atomic E-state index is -0.447. The zero-order chi connectivity index (χ0) is 19.9. The van der Waals surface area contributed by atoms with Gasteiger partial charge in [-0.1, -0.05) is 50.6 Å². The molecule has 3 rings (SSSR count). The highest BCUT2D eigenvalue weighted by molar-refractivity contribution is 7.22. The average molecular weight is 395 g/mol. The summed E-state index contributed by atoms with van der Waals surface area (Å²) in [4.78, 5) is 12.6. The van der Waals surface area contributed by atoms with Crippen molar-refractivity contribution in [1.29, 1.82) is 0 Å². The maximum Gasteiger partial charge on any atom is 0.335 e. The lowest BCUT2D eigenvalue weighted by Crippen LogP contribution is -2.10. The van der Waals surface area contributed by atoms with E-state index in [9.17, 15) is 4.79 Å². The summed E-state index contributed by atoms with van der Waals surface area (Å²) < 4.78 is 11.7. The van der Waals surface area contributed by atoms with Gasteiger partial charge in [0.15, 0.2) is 0 Å². The molecule has 1 heterocycles.